The zero-order chi connectivity index (χ0) is 16.0. The van der Waals surface area contributed by atoms with Gasteiger partial charge in [-0.2, -0.15) is 4.98 Å². The standard InChI is InChI=1S/C17H14N4O2/c18-17-20-15-14(16(23)21-17)11-6-10(9-4-2-1-3-5-9)7-13(22)12(11)8-19-15/h1-5,8,10H,6-7H2,(H3,18,19,20,21,23). The van der Waals surface area contributed by atoms with Crippen molar-refractivity contribution in [3.8, 4) is 0 Å². The monoisotopic (exact) mass is 306 g/mol. The average Bonchev–Trinajstić information content (AvgIpc) is 2.54. The van der Waals surface area contributed by atoms with Crippen LogP contribution in [0.15, 0.2) is 41.3 Å². The number of carbonyl (C=O) groups excluding carboxylic acids is 1. The Morgan fingerprint density at radius 3 is 2.70 bits per heavy atom. The molecule has 3 N–H and O–H groups in total. The molecule has 1 aliphatic rings. The van der Waals surface area contributed by atoms with Crippen LogP contribution in [0, 0.1) is 0 Å². The molecule has 0 spiro atoms. The SMILES string of the molecule is Nc1nc2ncc3c(c2c(=O)[nH]1)CC(c1ccccc1)CC3=O. The van der Waals surface area contributed by atoms with Crippen molar-refractivity contribution in [2.75, 3.05) is 5.73 Å². The van der Waals surface area contributed by atoms with E-state index in [1.54, 1.807) is 0 Å². The molecule has 0 bridgehead atoms. The van der Waals surface area contributed by atoms with Gasteiger partial charge in [0.1, 0.15) is 0 Å². The first-order valence-corrected chi connectivity index (χ1v) is 7.39. The minimum absolute atomic E-state index is 0.00530. The molecule has 6 nitrogen and oxygen atoms in total. The molecule has 0 radical (unpaired) electrons. The van der Waals surface area contributed by atoms with E-state index in [1.807, 2.05) is 30.3 Å². The van der Waals surface area contributed by atoms with Gasteiger partial charge in [-0.15, -0.1) is 0 Å². The van der Waals surface area contributed by atoms with Crippen LogP contribution in [0.3, 0.4) is 0 Å². The number of nitrogens with two attached hydrogens (primary N) is 1. The molecule has 0 fully saturated rings. The number of benzene rings is 1. The topological polar surface area (TPSA) is 102 Å². The first-order valence-electron chi connectivity index (χ1n) is 7.39. The molecule has 1 aromatic carbocycles. The number of anilines is 1. The van der Waals surface area contributed by atoms with Crippen molar-refractivity contribution >= 4 is 22.8 Å². The molecule has 2 heterocycles. The Morgan fingerprint density at radius 1 is 1.13 bits per heavy atom. The highest BCUT2D eigenvalue weighted by atomic mass is 16.1. The number of carbonyl (C=O) groups is 1. The van der Waals surface area contributed by atoms with E-state index < -0.39 is 0 Å². The van der Waals surface area contributed by atoms with Gasteiger partial charge in [0.2, 0.25) is 5.95 Å². The summed E-state index contributed by atoms with van der Waals surface area (Å²) in [6.45, 7) is 0. The Bertz CT molecular complexity index is 979. The van der Waals surface area contributed by atoms with Gasteiger partial charge in [-0.1, -0.05) is 30.3 Å². The number of H-pyrrole nitrogens is 1. The van der Waals surface area contributed by atoms with E-state index in [-0.39, 0.29) is 28.9 Å². The number of pyridine rings is 1. The molecule has 1 unspecified atom stereocenters. The Balaban J connectivity index is 1.93. The van der Waals surface area contributed by atoms with Crippen LogP contribution < -0.4 is 11.3 Å². The number of nitrogens with one attached hydrogen (secondary N) is 1. The molecule has 1 aliphatic carbocycles. The second-order valence-electron chi connectivity index (χ2n) is 5.74. The minimum atomic E-state index is -0.349. The fourth-order valence-electron chi connectivity index (χ4n) is 3.25. The van der Waals surface area contributed by atoms with E-state index in [0.717, 1.165) is 5.56 Å². The summed E-state index contributed by atoms with van der Waals surface area (Å²) in [7, 11) is 0. The van der Waals surface area contributed by atoms with Crippen LogP contribution in [0.5, 0.6) is 0 Å². The molecule has 4 rings (SSSR count). The molecular formula is C17H14N4O2. The van der Waals surface area contributed by atoms with Crippen molar-refractivity contribution in [1.29, 1.82) is 0 Å². The predicted octanol–water partition coefficient (Wildman–Crippen LogP) is 1.81. The Labute approximate surface area is 131 Å². The summed E-state index contributed by atoms with van der Waals surface area (Å²) in [5, 5.41) is 0.366. The van der Waals surface area contributed by atoms with Gasteiger partial charge in [0.15, 0.2) is 11.4 Å². The third-order valence-electron chi connectivity index (χ3n) is 4.32. The lowest BCUT2D eigenvalue weighted by molar-refractivity contribution is 0.0964. The first kappa shape index (κ1) is 13.6. The lowest BCUT2D eigenvalue weighted by Crippen LogP contribution is -2.23. The lowest BCUT2D eigenvalue weighted by atomic mass is 9.79. The van der Waals surface area contributed by atoms with Crippen molar-refractivity contribution in [2.45, 2.75) is 18.8 Å². The van der Waals surface area contributed by atoms with Crippen LogP contribution in [0.2, 0.25) is 0 Å². The zero-order valence-corrected chi connectivity index (χ0v) is 12.2. The number of hydrogen-bond acceptors (Lipinski definition) is 5. The minimum Gasteiger partial charge on any atom is -0.369 e. The summed E-state index contributed by atoms with van der Waals surface area (Å²) in [6, 6.07) is 9.86. The van der Waals surface area contributed by atoms with Gasteiger partial charge in [-0.25, -0.2) is 4.98 Å². The van der Waals surface area contributed by atoms with Crippen molar-refractivity contribution in [3.05, 3.63) is 63.6 Å². The van der Waals surface area contributed by atoms with Crippen molar-refractivity contribution in [3.63, 3.8) is 0 Å². The predicted molar refractivity (Wildman–Crippen MR) is 86.4 cm³/mol. The number of rotatable bonds is 1. The highest BCUT2D eigenvalue weighted by Gasteiger charge is 2.29. The number of nitrogen functional groups attached to an aromatic ring is 1. The molecule has 0 saturated heterocycles. The third-order valence-corrected chi connectivity index (χ3v) is 4.32. The summed E-state index contributed by atoms with van der Waals surface area (Å²) in [5.74, 6) is 0.0844. The summed E-state index contributed by atoms with van der Waals surface area (Å²) in [5.41, 5.74) is 7.83. The van der Waals surface area contributed by atoms with Gasteiger partial charge in [-0.05, 0) is 23.5 Å². The van der Waals surface area contributed by atoms with Gasteiger partial charge >= 0.3 is 0 Å². The molecule has 23 heavy (non-hydrogen) atoms. The van der Waals surface area contributed by atoms with E-state index in [9.17, 15) is 9.59 Å². The van der Waals surface area contributed by atoms with E-state index >= 15 is 0 Å². The molecule has 0 amide bonds. The van der Waals surface area contributed by atoms with E-state index in [0.29, 0.717) is 29.4 Å². The molecule has 0 saturated carbocycles. The molecular weight excluding hydrogens is 292 g/mol. The zero-order valence-electron chi connectivity index (χ0n) is 12.2. The van der Waals surface area contributed by atoms with Gasteiger partial charge < -0.3 is 5.73 Å². The highest BCUT2D eigenvalue weighted by Crippen LogP contribution is 2.34. The molecule has 0 aliphatic heterocycles. The number of fused-ring (bicyclic) bond motifs is 3. The second kappa shape index (κ2) is 5.01. The number of nitrogens with zero attached hydrogens (tertiary/aromatic N) is 2. The van der Waals surface area contributed by atoms with Gasteiger partial charge in [0.05, 0.1) is 5.39 Å². The number of Topliss-reactive ketones (excluding diaryl/α,β-unsaturated/α-hetero) is 1. The summed E-state index contributed by atoms with van der Waals surface area (Å²) >= 11 is 0. The van der Waals surface area contributed by atoms with Crippen molar-refractivity contribution in [2.24, 2.45) is 0 Å². The Hall–Kier alpha value is -3.02. The number of aromatic nitrogens is 3. The fraction of sp³-hybridized carbons (Fsp3) is 0.176. The van der Waals surface area contributed by atoms with Crippen LogP contribution in [0.1, 0.15) is 33.8 Å². The van der Waals surface area contributed by atoms with Crippen LogP contribution in [0.25, 0.3) is 11.0 Å². The molecule has 2 aromatic heterocycles. The fourth-order valence-corrected chi connectivity index (χ4v) is 3.25. The average molecular weight is 306 g/mol. The van der Waals surface area contributed by atoms with Gasteiger partial charge in [-0.3, -0.25) is 14.6 Å². The molecule has 1 atom stereocenters. The second-order valence-corrected chi connectivity index (χ2v) is 5.74. The Kier molecular flexibility index (Phi) is 2.97. The number of hydrogen-bond donors (Lipinski definition) is 2. The maximum Gasteiger partial charge on any atom is 0.262 e. The lowest BCUT2D eigenvalue weighted by Gasteiger charge is -2.24. The normalized spacial score (nSPS) is 17.2. The molecule has 6 heteroatoms. The first-order chi connectivity index (χ1) is 11.1. The van der Waals surface area contributed by atoms with Gasteiger partial charge in [0, 0.05) is 18.2 Å². The maximum absolute atomic E-state index is 12.5. The maximum atomic E-state index is 12.5. The summed E-state index contributed by atoms with van der Waals surface area (Å²) < 4.78 is 0. The molecule has 3 aromatic rings. The largest absolute Gasteiger partial charge is 0.369 e. The van der Waals surface area contributed by atoms with Crippen LogP contribution in [0.4, 0.5) is 5.95 Å². The summed E-state index contributed by atoms with van der Waals surface area (Å²) in [6.07, 6.45) is 2.54. The number of aromatic amines is 1. The van der Waals surface area contributed by atoms with E-state index in [4.69, 9.17) is 5.73 Å². The van der Waals surface area contributed by atoms with Crippen LogP contribution >= 0.6 is 0 Å². The van der Waals surface area contributed by atoms with Crippen LogP contribution in [-0.2, 0) is 6.42 Å². The third kappa shape index (κ3) is 2.19. The van der Waals surface area contributed by atoms with Crippen LogP contribution in [-0.4, -0.2) is 20.7 Å². The van der Waals surface area contributed by atoms with Gasteiger partial charge in [0.25, 0.3) is 5.56 Å². The van der Waals surface area contributed by atoms with Crippen molar-refractivity contribution in [1.82, 2.24) is 15.0 Å². The summed E-state index contributed by atoms with van der Waals surface area (Å²) in [4.78, 5) is 35.5. The quantitative estimate of drug-likeness (QED) is 0.714. The van der Waals surface area contributed by atoms with Crippen molar-refractivity contribution < 1.29 is 4.79 Å². The molecule has 114 valence electrons. The Morgan fingerprint density at radius 2 is 1.91 bits per heavy atom. The number of ketones is 1. The van der Waals surface area contributed by atoms with E-state index in [2.05, 4.69) is 15.0 Å². The smallest absolute Gasteiger partial charge is 0.262 e. The van der Waals surface area contributed by atoms with E-state index in [1.165, 1.54) is 6.20 Å². The highest BCUT2D eigenvalue weighted by molar-refractivity contribution is 6.02.